The number of pyridine rings is 1. The van der Waals surface area contributed by atoms with E-state index in [1.165, 1.54) is 6.20 Å². The van der Waals surface area contributed by atoms with Crippen molar-refractivity contribution in [2.24, 2.45) is 0 Å². The molecule has 0 bridgehead atoms. The van der Waals surface area contributed by atoms with Gasteiger partial charge in [-0.3, -0.25) is 4.79 Å². The summed E-state index contributed by atoms with van der Waals surface area (Å²) in [5, 5.41) is 9.61. The molecule has 1 N–H and O–H groups in total. The molecular formula is C12H15ClN2O3. The highest BCUT2D eigenvalue weighted by molar-refractivity contribution is 6.30. The number of hydrogen-bond donors (Lipinski definition) is 1. The maximum Gasteiger partial charge on any atom is 0.272 e. The van der Waals surface area contributed by atoms with E-state index in [1.807, 2.05) is 6.92 Å². The predicted molar refractivity (Wildman–Crippen MR) is 66.6 cm³/mol. The molecule has 0 aromatic carbocycles. The van der Waals surface area contributed by atoms with Crippen molar-refractivity contribution in [3.63, 3.8) is 0 Å². The molecule has 2 heterocycles. The van der Waals surface area contributed by atoms with Gasteiger partial charge in [0.2, 0.25) is 0 Å². The molecule has 5 nitrogen and oxygen atoms in total. The highest BCUT2D eigenvalue weighted by Gasteiger charge is 2.28. The van der Waals surface area contributed by atoms with Crippen molar-refractivity contribution in [2.45, 2.75) is 19.1 Å². The minimum absolute atomic E-state index is 0.0906. The van der Waals surface area contributed by atoms with Crippen molar-refractivity contribution in [2.75, 3.05) is 19.7 Å². The van der Waals surface area contributed by atoms with Crippen LogP contribution in [0, 0.1) is 0 Å². The van der Waals surface area contributed by atoms with Crippen LogP contribution in [0.15, 0.2) is 18.3 Å². The van der Waals surface area contributed by atoms with E-state index in [9.17, 15) is 4.79 Å². The van der Waals surface area contributed by atoms with Gasteiger partial charge in [-0.15, -0.1) is 0 Å². The topological polar surface area (TPSA) is 62.7 Å². The summed E-state index contributed by atoms with van der Waals surface area (Å²) in [5.41, 5.74) is 0.352. The second-order valence-electron chi connectivity index (χ2n) is 4.32. The minimum atomic E-state index is -0.329. The number of carbonyl (C=O) groups excluding carboxylic acids is 1. The Labute approximate surface area is 110 Å². The van der Waals surface area contributed by atoms with E-state index in [0.717, 1.165) is 0 Å². The van der Waals surface area contributed by atoms with Crippen LogP contribution in [0.5, 0.6) is 0 Å². The van der Waals surface area contributed by atoms with E-state index in [4.69, 9.17) is 21.4 Å². The molecule has 1 fully saturated rings. The predicted octanol–water partition coefficient (Wildman–Crippen LogP) is 0.957. The molecule has 1 saturated heterocycles. The van der Waals surface area contributed by atoms with Crippen LogP contribution >= 0.6 is 11.6 Å². The first-order chi connectivity index (χ1) is 8.60. The van der Waals surface area contributed by atoms with Gasteiger partial charge < -0.3 is 14.7 Å². The van der Waals surface area contributed by atoms with Crippen LogP contribution in [0.3, 0.4) is 0 Å². The molecule has 98 valence electrons. The molecule has 0 saturated carbocycles. The number of aromatic nitrogens is 1. The Morgan fingerprint density at radius 1 is 1.61 bits per heavy atom. The lowest BCUT2D eigenvalue weighted by atomic mass is 10.2. The third kappa shape index (κ3) is 2.98. The highest BCUT2D eigenvalue weighted by Crippen LogP contribution is 2.14. The van der Waals surface area contributed by atoms with Gasteiger partial charge in [0, 0.05) is 19.3 Å². The van der Waals surface area contributed by atoms with E-state index in [-0.39, 0.29) is 24.7 Å². The van der Waals surface area contributed by atoms with E-state index >= 15 is 0 Å². The molecule has 1 aromatic rings. The van der Waals surface area contributed by atoms with Gasteiger partial charge in [-0.05, 0) is 19.1 Å². The molecule has 0 aliphatic carbocycles. The zero-order valence-corrected chi connectivity index (χ0v) is 10.8. The summed E-state index contributed by atoms with van der Waals surface area (Å²) in [4.78, 5) is 17.8. The van der Waals surface area contributed by atoms with Crippen molar-refractivity contribution in [3.8, 4) is 0 Å². The van der Waals surface area contributed by atoms with Crippen LogP contribution in [-0.2, 0) is 4.74 Å². The Bertz CT molecular complexity index is 424. The first-order valence-electron chi connectivity index (χ1n) is 5.77. The number of rotatable bonds is 2. The lowest BCUT2D eigenvalue weighted by molar-refractivity contribution is -0.0859. The molecule has 0 spiro atoms. The molecule has 18 heavy (non-hydrogen) atoms. The van der Waals surface area contributed by atoms with Gasteiger partial charge in [-0.25, -0.2) is 4.98 Å². The second kappa shape index (κ2) is 5.65. The molecule has 0 radical (unpaired) electrons. The van der Waals surface area contributed by atoms with Crippen molar-refractivity contribution >= 4 is 17.5 Å². The third-order valence-corrected chi connectivity index (χ3v) is 2.99. The van der Waals surface area contributed by atoms with Gasteiger partial charge in [-0.2, -0.15) is 0 Å². The zero-order chi connectivity index (χ0) is 13.1. The number of aliphatic hydroxyl groups is 1. The number of hydrogen-bond acceptors (Lipinski definition) is 4. The largest absolute Gasteiger partial charge is 0.394 e. The molecule has 1 aliphatic rings. The smallest absolute Gasteiger partial charge is 0.272 e. The summed E-state index contributed by atoms with van der Waals surface area (Å²) in [6.45, 7) is 2.66. The molecular weight excluding hydrogens is 256 g/mol. The molecule has 2 atom stereocenters. The van der Waals surface area contributed by atoms with Crippen LogP contribution < -0.4 is 0 Å². The fourth-order valence-corrected chi connectivity index (χ4v) is 2.09. The monoisotopic (exact) mass is 270 g/mol. The van der Waals surface area contributed by atoms with Crippen LogP contribution in [0.2, 0.25) is 5.02 Å². The number of amides is 1. The summed E-state index contributed by atoms with van der Waals surface area (Å²) < 4.78 is 5.49. The molecule has 1 aliphatic heterocycles. The number of halogens is 1. The summed E-state index contributed by atoms with van der Waals surface area (Å²) in [5.74, 6) is -0.166. The number of carbonyl (C=O) groups is 1. The summed E-state index contributed by atoms with van der Waals surface area (Å²) >= 11 is 5.73. The number of ether oxygens (including phenoxy) is 1. The first kappa shape index (κ1) is 13.3. The standard InChI is InChI=1S/C12H15ClN2O3/c1-8-5-15(6-10(7-16)18-8)12(17)11-3-2-9(13)4-14-11/h2-4,8,10,16H,5-7H2,1H3. The summed E-state index contributed by atoms with van der Waals surface area (Å²) in [7, 11) is 0. The SMILES string of the molecule is CC1CN(C(=O)c2ccc(Cl)cn2)CC(CO)O1. The van der Waals surface area contributed by atoms with Crippen molar-refractivity contribution in [1.29, 1.82) is 0 Å². The Kier molecular flexibility index (Phi) is 4.16. The van der Waals surface area contributed by atoms with Crippen LogP contribution in [0.1, 0.15) is 17.4 Å². The average Bonchev–Trinajstić information content (AvgIpc) is 2.38. The normalized spacial score (nSPS) is 24.1. The van der Waals surface area contributed by atoms with Crippen LogP contribution in [0.4, 0.5) is 0 Å². The molecule has 2 unspecified atom stereocenters. The highest BCUT2D eigenvalue weighted by atomic mass is 35.5. The minimum Gasteiger partial charge on any atom is -0.394 e. The second-order valence-corrected chi connectivity index (χ2v) is 4.76. The Morgan fingerprint density at radius 2 is 2.39 bits per heavy atom. The Hall–Kier alpha value is -1.17. The van der Waals surface area contributed by atoms with E-state index in [2.05, 4.69) is 4.98 Å². The van der Waals surface area contributed by atoms with Crippen LogP contribution in [0.25, 0.3) is 0 Å². The summed E-state index contributed by atoms with van der Waals surface area (Å²) in [6.07, 6.45) is 1.03. The van der Waals surface area contributed by atoms with E-state index in [0.29, 0.717) is 23.8 Å². The van der Waals surface area contributed by atoms with Crippen LogP contribution in [-0.4, -0.2) is 52.8 Å². The Balaban J connectivity index is 2.10. The van der Waals surface area contributed by atoms with E-state index < -0.39 is 0 Å². The van der Waals surface area contributed by atoms with Crippen molar-refractivity contribution < 1.29 is 14.6 Å². The maximum absolute atomic E-state index is 12.2. The first-order valence-corrected chi connectivity index (χ1v) is 6.15. The molecule has 6 heteroatoms. The van der Waals surface area contributed by atoms with Gasteiger partial charge >= 0.3 is 0 Å². The molecule has 2 rings (SSSR count). The average molecular weight is 271 g/mol. The van der Waals surface area contributed by atoms with Gasteiger partial charge in [0.25, 0.3) is 5.91 Å². The van der Waals surface area contributed by atoms with Gasteiger partial charge in [-0.1, -0.05) is 11.6 Å². The summed E-state index contributed by atoms with van der Waals surface area (Å²) in [6, 6.07) is 3.23. The maximum atomic E-state index is 12.2. The van der Waals surface area contributed by atoms with Gasteiger partial charge in [0.05, 0.1) is 23.8 Å². The molecule has 1 amide bonds. The van der Waals surface area contributed by atoms with Crippen molar-refractivity contribution in [3.05, 3.63) is 29.0 Å². The number of nitrogens with zero attached hydrogens (tertiary/aromatic N) is 2. The van der Waals surface area contributed by atoms with Gasteiger partial charge in [0.1, 0.15) is 5.69 Å². The lowest BCUT2D eigenvalue weighted by Crippen LogP contribution is -2.50. The zero-order valence-electron chi connectivity index (χ0n) is 10.0. The van der Waals surface area contributed by atoms with Crippen molar-refractivity contribution in [1.82, 2.24) is 9.88 Å². The number of aliphatic hydroxyl groups excluding tert-OH is 1. The fourth-order valence-electron chi connectivity index (χ4n) is 1.98. The lowest BCUT2D eigenvalue weighted by Gasteiger charge is -2.35. The third-order valence-electron chi connectivity index (χ3n) is 2.76. The molecule has 1 aromatic heterocycles. The Morgan fingerprint density at radius 3 is 3.00 bits per heavy atom. The fraction of sp³-hybridized carbons (Fsp3) is 0.500. The van der Waals surface area contributed by atoms with E-state index in [1.54, 1.807) is 17.0 Å². The van der Waals surface area contributed by atoms with Gasteiger partial charge in [0.15, 0.2) is 0 Å². The quantitative estimate of drug-likeness (QED) is 0.869. The number of morpholine rings is 1.